The first-order chi connectivity index (χ1) is 15.0. The second kappa shape index (κ2) is 9.68. The molecule has 2 aliphatic rings. The van der Waals surface area contributed by atoms with Crippen molar-refractivity contribution in [2.24, 2.45) is 0 Å². The van der Waals surface area contributed by atoms with Crippen molar-refractivity contribution in [3.05, 3.63) is 48.5 Å². The van der Waals surface area contributed by atoms with Crippen molar-refractivity contribution in [1.82, 2.24) is 0 Å². The lowest BCUT2D eigenvalue weighted by Crippen LogP contribution is -2.38. The second-order valence-electron chi connectivity index (χ2n) is 7.71. The predicted molar refractivity (Wildman–Crippen MR) is 110 cm³/mol. The standard InChI is InChI=1S/C23H26F3NO4/c24-23(25,26)31-21-6-2-1-5-20(21)29-19-12-14-27(15-13-19)17-8-10-18(11-9-17)30-22-7-3-4-16-28-22/h1-2,5-6,8-11,19,22H,3-4,7,12-16H2. The maximum absolute atomic E-state index is 12.6. The van der Waals surface area contributed by atoms with Gasteiger partial charge in [0.1, 0.15) is 11.9 Å². The van der Waals surface area contributed by atoms with E-state index in [1.54, 1.807) is 6.07 Å². The van der Waals surface area contributed by atoms with Gasteiger partial charge in [-0.25, -0.2) is 0 Å². The highest BCUT2D eigenvalue weighted by atomic mass is 19.4. The molecule has 2 aliphatic heterocycles. The number of anilines is 1. The summed E-state index contributed by atoms with van der Waals surface area (Å²) in [4.78, 5) is 2.23. The Morgan fingerprint density at radius 1 is 0.839 bits per heavy atom. The van der Waals surface area contributed by atoms with Crippen LogP contribution in [0, 0.1) is 0 Å². The minimum atomic E-state index is -4.75. The number of para-hydroxylation sites is 2. The van der Waals surface area contributed by atoms with Crippen LogP contribution >= 0.6 is 0 Å². The third kappa shape index (κ3) is 6.19. The van der Waals surface area contributed by atoms with Gasteiger partial charge in [0.15, 0.2) is 17.8 Å². The van der Waals surface area contributed by atoms with Crippen LogP contribution < -0.4 is 19.1 Å². The van der Waals surface area contributed by atoms with E-state index in [4.69, 9.17) is 14.2 Å². The Bertz CT molecular complexity index is 829. The number of benzene rings is 2. The molecule has 168 valence electrons. The smallest absolute Gasteiger partial charge is 0.486 e. The fourth-order valence-corrected chi connectivity index (χ4v) is 3.86. The topological polar surface area (TPSA) is 40.2 Å². The molecule has 5 nitrogen and oxygen atoms in total. The summed E-state index contributed by atoms with van der Waals surface area (Å²) in [5, 5.41) is 0. The van der Waals surface area contributed by atoms with Crippen LogP contribution in [0.5, 0.6) is 17.2 Å². The van der Waals surface area contributed by atoms with Crippen LogP contribution in [0.2, 0.25) is 0 Å². The maximum Gasteiger partial charge on any atom is 0.573 e. The zero-order chi connectivity index (χ0) is 21.7. The summed E-state index contributed by atoms with van der Waals surface area (Å²) in [6.07, 6.45) is -0.569. The van der Waals surface area contributed by atoms with Gasteiger partial charge in [-0.15, -0.1) is 13.2 Å². The first kappa shape index (κ1) is 21.6. The second-order valence-corrected chi connectivity index (χ2v) is 7.71. The summed E-state index contributed by atoms with van der Waals surface area (Å²) in [6, 6.07) is 13.8. The molecule has 1 unspecified atom stereocenters. The van der Waals surface area contributed by atoms with Crippen LogP contribution in [-0.4, -0.2) is 38.5 Å². The number of hydrogen-bond donors (Lipinski definition) is 0. The number of alkyl halides is 3. The minimum absolute atomic E-state index is 0.115. The molecule has 0 N–H and O–H groups in total. The van der Waals surface area contributed by atoms with Gasteiger partial charge in [0.25, 0.3) is 0 Å². The molecule has 0 spiro atoms. The molecule has 8 heteroatoms. The lowest BCUT2D eigenvalue weighted by atomic mass is 10.1. The molecule has 2 fully saturated rings. The molecule has 2 saturated heterocycles. The van der Waals surface area contributed by atoms with Gasteiger partial charge in [0.2, 0.25) is 0 Å². The van der Waals surface area contributed by atoms with Gasteiger partial charge in [-0.05, 0) is 49.2 Å². The molecule has 0 amide bonds. The van der Waals surface area contributed by atoms with Crippen molar-refractivity contribution < 1.29 is 32.1 Å². The normalized spacial score (nSPS) is 20.4. The van der Waals surface area contributed by atoms with Crippen LogP contribution in [-0.2, 0) is 4.74 Å². The summed E-state index contributed by atoms with van der Waals surface area (Å²) < 4.78 is 59.2. The third-order valence-corrected chi connectivity index (χ3v) is 5.42. The van der Waals surface area contributed by atoms with Gasteiger partial charge < -0.3 is 23.8 Å². The molecule has 1 atom stereocenters. The summed E-state index contributed by atoms with van der Waals surface area (Å²) in [6.45, 7) is 2.24. The van der Waals surface area contributed by atoms with Gasteiger partial charge in [-0.3, -0.25) is 0 Å². The number of ether oxygens (including phenoxy) is 4. The van der Waals surface area contributed by atoms with Crippen LogP contribution in [0.15, 0.2) is 48.5 Å². The molecule has 31 heavy (non-hydrogen) atoms. The molecular weight excluding hydrogens is 411 g/mol. The average Bonchev–Trinajstić information content (AvgIpc) is 2.76. The third-order valence-electron chi connectivity index (χ3n) is 5.42. The fourth-order valence-electron chi connectivity index (χ4n) is 3.86. The van der Waals surface area contributed by atoms with Gasteiger partial charge >= 0.3 is 6.36 Å². The lowest BCUT2D eigenvalue weighted by molar-refractivity contribution is -0.275. The van der Waals surface area contributed by atoms with Gasteiger partial charge in [-0.2, -0.15) is 0 Å². The lowest BCUT2D eigenvalue weighted by Gasteiger charge is -2.34. The first-order valence-electron chi connectivity index (χ1n) is 10.6. The highest BCUT2D eigenvalue weighted by Crippen LogP contribution is 2.34. The van der Waals surface area contributed by atoms with Crippen molar-refractivity contribution in [1.29, 1.82) is 0 Å². The molecule has 0 aromatic heterocycles. The Labute approximate surface area is 179 Å². The van der Waals surface area contributed by atoms with Crippen molar-refractivity contribution in [3.63, 3.8) is 0 Å². The monoisotopic (exact) mass is 437 g/mol. The van der Waals surface area contributed by atoms with E-state index >= 15 is 0 Å². The Balaban J connectivity index is 1.29. The average molecular weight is 437 g/mol. The van der Waals surface area contributed by atoms with Gasteiger partial charge in [0, 0.05) is 38.0 Å². The highest BCUT2D eigenvalue weighted by molar-refractivity contribution is 5.49. The van der Waals surface area contributed by atoms with E-state index in [2.05, 4.69) is 9.64 Å². The Morgan fingerprint density at radius 2 is 1.55 bits per heavy atom. The summed E-state index contributed by atoms with van der Waals surface area (Å²) >= 11 is 0. The van der Waals surface area contributed by atoms with Crippen molar-refractivity contribution in [2.75, 3.05) is 24.6 Å². The molecule has 0 aliphatic carbocycles. The van der Waals surface area contributed by atoms with E-state index in [1.807, 2.05) is 24.3 Å². The highest BCUT2D eigenvalue weighted by Gasteiger charge is 2.33. The molecule has 2 aromatic rings. The van der Waals surface area contributed by atoms with Gasteiger partial charge in [0.05, 0.1) is 6.61 Å². The van der Waals surface area contributed by atoms with E-state index in [1.165, 1.54) is 18.2 Å². The zero-order valence-electron chi connectivity index (χ0n) is 17.1. The molecule has 2 heterocycles. The molecule has 4 rings (SSSR count). The molecule has 2 aromatic carbocycles. The van der Waals surface area contributed by atoms with E-state index in [-0.39, 0.29) is 23.9 Å². The van der Waals surface area contributed by atoms with Crippen molar-refractivity contribution in [3.8, 4) is 17.2 Å². The van der Waals surface area contributed by atoms with Crippen LogP contribution in [0.25, 0.3) is 0 Å². The van der Waals surface area contributed by atoms with Crippen molar-refractivity contribution >= 4 is 5.69 Å². The summed E-state index contributed by atoms with van der Waals surface area (Å²) in [7, 11) is 0. The van der Waals surface area contributed by atoms with E-state index in [9.17, 15) is 13.2 Å². The molecule has 0 saturated carbocycles. The Hall–Kier alpha value is -2.61. The van der Waals surface area contributed by atoms with E-state index < -0.39 is 6.36 Å². The predicted octanol–water partition coefficient (Wildman–Crippen LogP) is 5.54. The van der Waals surface area contributed by atoms with Gasteiger partial charge in [-0.1, -0.05) is 12.1 Å². The molecular formula is C23H26F3NO4. The van der Waals surface area contributed by atoms with Crippen molar-refractivity contribution in [2.45, 2.75) is 50.9 Å². The van der Waals surface area contributed by atoms with Crippen LogP contribution in [0.3, 0.4) is 0 Å². The number of piperidine rings is 1. The van der Waals surface area contributed by atoms with E-state index in [0.717, 1.165) is 50.4 Å². The number of halogens is 3. The summed E-state index contributed by atoms with van der Waals surface area (Å²) in [5.74, 6) is 0.592. The Morgan fingerprint density at radius 3 is 2.19 bits per heavy atom. The molecule has 0 radical (unpaired) electrons. The quantitative estimate of drug-likeness (QED) is 0.594. The maximum atomic E-state index is 12.6. The Kier molecular flexibility index (Phi) is 6.75. The summed E-state index contributed by atoms with van der Waals surface area (Å²) in [5.41, 5.74) is 1.08. The van der Waals surface area contributed by atoms with E-state index in [0.29, 0.717) is 12.8 Å². The molecule has 0 bridgehead atoms. The number of hydrogen-bond acceptors (Lipinski definition) is 5. The minimum Gasteiger partial charge on any atom is -0.486 e. The largest absolute Gasteiger partial charge is 0.573 e. The van der Waals surface area contributed by atoms with Crippen LogP contribution in [0.1, 0.15) is 32.1 Å². The fraction of sp³-hybridized carbons (Fsp3) is 0.478. The number of nitrogens with zero attached hydrogens (tertiary/aromatic N) is 1. The van der Waals surface area contributed by atoms with Crippen LogP contribution in [0.4, 0.5) is 18.9 Å². The number of rotatable bonds is 6. The zero-order valence-corrected chi connectivity index (χ0v) is 17.1. The SMILES string of the molecule is FC(F)(F)Oc1ccccc1OC1CCN(c2ccc(OC3CCCCO3)cc2)CC1. The first-order valence-corrected chi connectivity index (χ1v) is 10.6.